The average Bonchev–Trinajstić information content (AvgIpc) is 2.73. The Balaban J connectivity index is 1.58. The van der Waals surface area contributed by atoms with Gasteiger partial charge < -0.3 is 5.32 Å². The third kappa shape index (κ3) is 5.80. The van der Waals surface area contributed by atoms with Gasteiger partial charge in [-0.1, -0.05) is 18.7 Å². The Labute approximate surface area is 179 Å². The molecular formula is C21H24F2N2O3S2. The van der Waals surface area contributed by atoms with E-state index in [9.17, 15) is 22.0 Å². The zero-order valence-electron chi connectivity index (χ0n) is 16.6. The van der Waals surface area contributed by atoms with Crippen LogP contribution in [-0.4, -0.2) is 43.9 Å². The summed E-state index contributed by atoms with van der Waals surface area (Å²) in [6.07, 6.45) is 1.70. The fraction of sp³-hybridized carbons (Fsp3) is 0.381. The minimum atomic E-state index is -3.54. The predicted molar refractivity (Wildman–Crippen MR) is 115 cm³/mol. The highest BCUT2D eigenvalue weighted by molar-refractivity contribution is 7.99. The molecular weight excluding hydrogens is 430 g/mol. The number of carbonyl (C=O) groups excluding carboxylic acids is 1. The Kier molecular flexibility index (Phi) is 7.49. The lowest BCUT2D eigenvalue weighted by Crippen LogP contribution is -2.37. The van der Waals surface area contributed by atoms with Crippen molar-refractivity contribution in [3.8, 4) is 0 Å². The summed E-state index contributed by atoms with van der Waals surface area (Å²) in [5, 5.41) is 2.95. The van der Waals surface area contributed by atoms with Crippen LogP contribution in [0.2, 0.25) is 0 Å². The Morgan fingerprint density at radius 2 is 1.70 bits per heavy atom. The molecule has 0 atom stereocenters. The average molecular weight is 455 g/mol. The quantitative estimate of drug-likeness (QED) is 0.462. The van der Waals surface area contributed by atoms with Gasteiger partial charge in [0, 0.05) is 29.2 Å². The van der Waals surface area contributed by atoms with Crippen LogP contribution in [0.3, 0.4) is 0 Å². The second-order valence-electron chi connectivity index (χ2n) is 7.29. The number of hydrogen-bond acceptors (Lipinski definition) is 5. The number of halogens is 2. The molecule has 0 spiro atoms. The van der Waals surface area contributed by atoms with E-state index in [0.717, 1.165) is 12.8 Å². The summed E-state index contributed by atoms with van der Waals surface area (Å²) < 4.78 is 51.7. The zero-order valence-corrected chi connectivity index (χ0v) is 18.2. The van der Waals surface area contributed by atoms with Crippen molar-refractivity contribution < 1.29 is 22.0 Å². The molecule has 5 nitrogen and oxygen atoms in total. The number of hydrogen-bond donors (Lipinski definition) is 1. The van der Waals surface area contributed by atoms with Gasteiger partial charge in [-0.2, -0.15) is 13.1 Å². The molecule has 1 heterocycles. The van der Waals surface area contributed by atoms with Gasteiger partial charge in [0.2, 0.25) is 10.0 Å². The first-order valence-corrected chi connectivity index (χ1v) is 12.0. The first-order valence-electron chi connectivity index (χ1n) is 9.68. The minimum Gasteiger partial charge on any atom is -0.378 e. The van der Waals surface area contributed by atoms with Gasteiger partial charge >= 0.3 is 0 Å². The van der Waals surface area contributed by atoms with Gasteiger partial charge in [-0.3, -0.25) is 4.79 Å². The number of ketones is 1. The summed E-state index contributed by atoms with van der Waals surface area (Å²) >= 11 is 0.461. The van der Waals surface area contributed by atoms with Crippen molar-refractivity contribution in [3.63, 3.8) is 0 Å². The second kappa shape index (κ2) is 9.89. The smallest absolute Gasteiger partial charge is 0.288 e. The van der Waals surface area contributed by atoms with Crippen LogP contribution in [0.1, 0.15) is 30.1 Å². The maximum atomic E-state index is 12.8. The number of sulfonamides is 1. The normalized spacial score (nSPS) is 16.0. The second-order valence-corrected chi connectivity index (χ2v) is 10.3. The summed E-state index contributed by atoms with van der Waals surface area (Å²) in [5.74, 6) is -2.14. The third-order valence-corrected chi connectivity index (χ3v) is 7.72. The van der Waals surface area contributed by atoms with Crippen LogP contribution in [0.15, 0.2) is 58.3 Å². The van der Waals surface area contributed by atoms with E-state index < -0.39 is 15.8 Å². The molecule has 2 aromatic carbocycles. The van der Waals surface area contributed by atoms with Crippen LogP contribution in [0, 0.1) is 5.92 Å². The van der Waals surface area contributed by atoms with Crippen molar-refractivity contribution in [3.05, 3.63) is 54.1 Å². The first kappa shape index (κ1) is 22.7. The highest BCUT2D eigenvalue weighted by Crippen LogP contribution is 2.26. The number of thioether (sulfide) groups is 1. The van der Waals surface area contributed by atoms with Gasteiger partial charge in [0.05, 0.1) is 11.4 Å². The van der Waals surface area contributed by atoms with Gasteiger partial charge in [0.25, 0.3) is 5.76 Å². The molecule has 3 rings (SSSR count). The van der Waals surface area contributed by atoms with Crippen molar-refractivity contribution >= 4 is 33.3 Å². The fourth-order valence-corrected chi connectivity index (χ4v) is 5.19. The Morgan fingerprint density at radius 1 is 1.10 bits per heavy atom. The van der Waals surface area contributed by atoms with E-state index in [0.29, 0.717) is 46.9 Å². The molecule has 1 aliphatic rings. The number of piperidine rings is 1. The molecule has 0 radical (unpaired) electrons. The lowest BCUT2D eigenvalue weighted by Gasteiger charge is -2.29. The highest BCUT2D eigenvalue weighted by atomic mass is 32.2. The molecule has 162 valence electrons. The standard InChI is InChI=1S/C21H24F2N2O3S2/c1-15-10-12-25(13-11-15)30(27,28)19-8-2-16(3-9-19)20(26)14-24-17-4-6-18(7-5-17)29-21(22)23/h2-9,15,21,24H,10-14H2,1H3. The molecule has 1 fully saturated rings. The lowest BCUT2D eigenvalue weighted by atomic mass is 10.0. The molecule has 0 amide bonds. The molecule has 9 heteroatoms. The number of Topliss-reactive ketones (excluding diaryl/α,β-unsaturated/α-hetero) is 1. The van der Waals surface area contributed by atoms with E-state index in [1.54, 1.807) is 24.3 Å². The minimum absolute atomic E-state index is 0.0114. The molecule has 30 heavy (non-hydrogen) atoms. The molecule has 1 aliphatic heterocycles. The zero-order chi connectivity index (χ0) is 21.7. The Morgan fingerprint density at radius 3 is 2.27 bits per heavy atom. The van der Waals surface area contributed by atoms with E-state index in [2.05, 4.69) is 12.2 Å². The summed E-state index contributed by atoms with van der Waals surface area (Å²) in [6, 6.07) is 12.4. The number of anilines is 1. The molecule has 0 unspecified atom stereocenters. The van der Waals surface area contributed by atoms with Crippen LogP contribution < -0.4 is 5.32 Å². The lowest BCUT2D eigenvalue weighted by molar-refractivity contribution is 0.101. The number of alkyl halides is 2. The van der Waals surface area contributed by atoms with E-state index in [4.69, 9.17) is 0 Å². The topological polar surface area (TPSA) is 66.5 Å². The fourth-order valence-electron chi connectivity index (χ4n) is 3.23. The molecule has 1 saturated heterocycles. The monoisotopic (exact) mass is 454 g/mol. The van der Waals surface area contributed by atoms with Gasteiger partial charge in [-0.25, -0.2) is 8.42 Å². The van der Waals surface area contributed by atoms with Gasteiger partial charge in [-0.15, -0.1) is 0 Å². The Bertz CT molecular complexity index is 957. The van der Waals surface area contributed by atoms with Crippen LogP contribution in [0.5, 0.6) is 0 Å². The number of rotatable bonds is 8. The SMILES string of the molecule is CC1CCN(S(=O)(=O)c2ccc(C(=O)CNc3ccc(SC(F)F)cc3)cc2)CC1. The third-order valence-electron chi connectivity index (χ3n) is 5.09. The van der Waals surface area contributed by atoms with E-state index >= 15 is 0 Å². The van der Waals surface area contributed by atoms with Gasteiger partial charge in [0.1, 0.15) is 0 Å². The summed E-state index contributed by atoms with van der Waals surface area (Å²) in [4.78, 5) is 13.0. The summed E-state index contributed by atoms with van der Waals surface area (Å²) in [5.41, 5.74) is 1.04. The molecule has 0 aliphatic carbocycles. The molecule has 0 saturated carbocycles. The number of carbonyl (C=O) groups is 1. The molecule has 2 aromatic rings. The van der Waals surface area contributed by atoms with Crippen molar-refractivity contribution in [2.45, 2.75) is 35.3 Å². The summed E-state index contributed by atoms with van der Waals surface area (Å²) in [7, 11) is -3.54. The Hall–Kier alpha value is -1.97. The summed E-state index contributed by atoms with van der Waals surface area (Å²) in [6.45, 7) is 3.16. The molecule has 1 N–H and O–H groups in total. The van der Waals surface area contributed by atoms with Crippen molar-refractivity contribution in [2.75, 3.05) is 25.0 Å². The van der Waals surface area contributed by atoms with E-state index in [1.165, 1.54) is 28.6 Å². The van der Waals surface area contributed by atoms with Crippen LogP contribution >= 0.6 is 11.8 Å². The maximum Gasteiger partial charge on any atom is 0.288 e. The van der Waals surface area contributed by atoms with Gasteiger partial charge in [0.15, 0.2) is 5.78 Å². The number of benzene rings is 2. The first-order chi connectivity index (χ1) is 14.3. The highest BCUT2D eigenvalue weighted by Gasteiger charge is 2.28. The van der Waals surface area contributed by atoms with Gasteiger partial charge in [-0.05, 0) is 67.3 Å². The van der Waals surface area contributed by atoms with Crippen LogP contribution in [-0.2, 0) is 10.0 Å². The number of nitrogens with zero attached hydrogens (tertiary/aromatic N) is 1. The number of nitrogens with one attached hydrogen (secondary N) is 1. The van der Waals surface area contributed by atoms with Crippen molar-refractivity contribution in [1.29, 1.82) is 0 Å². The van der Waals surface area contributed by atoms with Crippen LogP contribution in [0.25, 0.3) is 0 Å². The van der Waals surface area contributed by atoms with Crippen molar-refractivity contribution in [1.82, 2.24) is 4.31 Å². The van der Waals surface area contributed by atoms with E-state index in [1.807, 2.05) is 0 Å². The molecule has 0 bridgehead atoms. The van der Waals surface area contributed by atoms with E-state index in [-0.39, 0.29) is 17.2 Å². The van der Waals surface area contributed by atoms with Crippen LogP contribution in [0.4, 0.5) is 14.5 Å². The largest absolute Gasteiger partial charge is 0.378 e. The van der Waals surface area contributed by atoms with Crippen molar-refractivity contribution in [2.24, 2.45) is 5.92 Å². The maximum absolute atomic E-state index is 12.8. The molecule has 0 aromatic heterocycles. The predicted octanol–water partition coefficient (Wildman–Crippen LogP) is 4.72.